The number of esters is 1. The summed E-state index contributed by atoms with van der Waals surface area (Å²) in [6.45, 7) is -0.331. The summed E-state index contributed by atoms with van der Waals surface area (Å²) in [6.07, 6.45) is -4.82. The molecule has 6 nitrogen and oxygen atoms in total. The topological polar surface area (TPSA) is 81.7 Å². The van der Waals surface area contributed by atoms with Crippen LogP contribution < -0.4 is 9.46 Å². The molecule has 0 amide bonds. The van der Waals surface area contributed by atoms with E-state index in [9.17, 15) is 26.4 Å². The fraction of sp³-hybridized carbons (Fsp3) is 0.235. The molecule has 0 aromatic heterocycles. The van der Waals surface area contributed by atoms with Gasteiger partial charge in [0, 0.05) is 6.54 Å². The second kappa shape index (κ2) is 7.97. The second-order valence-electron chi connectivity index (χ2n) is 5.34. The molecule has 0 fully saturated rings. The fourth-order valence-electron chi connectivity index (χ4n) is 2.33. The van der Waals surface area contributed by atoms with Gasteiger partial charge in [0.25, 0.3) is 0 Å². The first-order chi connectivity index (χ1) is 12.6. The van der Waals surface area contributed by atoms with Gasteiger partial charge in [-0.15, -0.1) is 0 Å². The van der Waals surface area contributed by atoms with Crippen LogP contribution in [0.5, 0.6) is 5.75 Å². The summed E-state index contributed by atoms with van der Waals surface area (Å²) in [5, 5.41) is 0. The van der Waals surface area contributed by atoms with Crippen molar-refractivity contribution < 1.29 is 35.9 Å². The molecule has 27 heavy (non-hydrogen) atoms. The maximum absolute atomic E-state index is 13.0. The van der Waals surface area contributed by atoms with Crippen LogP contribution in [0.4, 0.5) is 13.2 Å². The number of benzene rings is 2. The van der Waals surface area contributed by atoms with Crippen molar-refractivity contribution in [1.29, 1.82) is 0 Å². The second-order valence-corrected chi connectivity index (χ2v) is 7.08. The highest BCUT2D eigenvalue weighted by Gasteiger charge is 2.36. The third-order valence-corrected chi connectivity index (χ3v) is 5.08. The molecule has 10 heteroatoms. The number of hydrogen-bond acceptors (Lipinski definition) is 5. The zero-order chi connectivity index (χ0) is 20.2. The third-order valence-electron chi connectivity index (χ3n) is 3.62. The lowest BCUT2D eigenvalue weighted by molar-refractivity contribution is -0.139. The molecule has 0 atom stereocenters. The molecule has 0 saturated heterocycles. The lowest BCUT2D eigenvalue weighted by Gasteiger charge is -2.14. The molecule has 0 unspecified atom stereocenters. The smallest absolute Gasteiger partial charge is 0.417 e. The zero-order valence-corrected chi connectivity index (χ0v) is 15.1. The molecule has 2 aromatic carbocycles. The predicted molar refractivity (Wildman–Crippen MR) is 89.8 cm³/mol. The van der Waals surface area contributed by atoms with E-state index >= 15 is 0 Å². The molecule has 0 aliphatic carbocycles. The largest absolute Gasteiger partial charge is 0.496 e. The number of sulfonamides is 1. The van der Waals surface area contributed by atoms with Gasteiger partial charge in [0.2, 0.25) is 10.0 Å². The Labute approximate surface area is 154 Å². The Kier molecular flexibility index (Phi) is 6.11. The Morgan fingerprint density at radius 1 is 1.11 bits per heavy atom. The van der Waals surface area contributed by atoms with Crippen LogP contribution in [0.1, 0.15) is 21.5 Å². The number of carbonyl (C=O) groups is 1. The number of alkyl halides is 3. The summed E-state index contributed by atoms with van der Waals surface area (Å²) in [7, 11) is -1.93. The van der Waals surface area contributed by atoms with Gasteiger partial charge >= 0.3 is 12.1 Å². The van der Waals surface area contributed by atoms with Crippen molar-refractivity contribution >= 4 is 16.0 Å². The number of ether oxygens (including phenoxy) is 2. The molecule has 0 aliphatic heterocycles. The van der Waals surface area contributed by atoms with Crippen LogP contribution >= 0.6 is 0 Å². The molecular formula is C17H16F3NO5S. The van der Waals surface area contributed by atoms with Crippen molar-refractivity contribution in [3.05, 3.63) is 59.2 Å². The first kappa shape index (κ1) is 20.7. The van der Waals surface area contributed by atoms with Gasteiger partial charge in [0.15, 0.2) is 0 Å². The van der Waals surface area contributed by atoms with E-state index in [0.29, 0.717) is 11.6 Å². The minimum absolute atomic E-state index is 0.0624. The maximum atomic E-state index is 13.0. The first-order valence-electron chi connectivity index (χ1n) is 7.51. The molecule has 0 radical (unpaired) electrons. The first-order valence-corrected chi connectivity index (χ1v) is 8.99. The van der Waals surface area contributed by atoms with Crippen LogP contribution in [-0.4, -0.2) is 28.6 Å². The molecule has 0 spiro atoms. The molecule has 2 rings (SSSR count). The average Bonchev–Trinajstić information content (AvgIpc) is 2.65. The normalized spacial score (nSPS) is 11.9. The van der Waals surface area contributed by atoms with Crippen LogP contribution in [0, 0.1) is 0 Å². The highest BCUT2D eigenvalue weighted by molar-refractivity contribution is 7.89. The Hall–Kier alpha value is -2.59. The Bertz CT molecular complexity index is 942. The van der Waals surface area contributed by atoms with Gasteiger partial charge in [-0.05, 0) is 29.8 Å². The van der Waals surface area contributed by atoms with Gasteiger partial charge < -0.3 is 9.47 Å². The van der Waals surface area contributed by atoms with E-state index in [0.717, 1.165) is 12.1 Å². The van der Waals surface area contributed by atoms with Crippen molar-refractivity contribution in [3.63, 3.8) is 0 Å². The lowest BCUT2D eigenvalue weighted by Crippen LogP contribution is -2.26. The van der Waals surface area contributed by atoms with Crippen LogP contribution in [0.15, 0.2) is 47.4 Å². The molecule has 1 N–H and O–H groups in total. The highest BCUT2D eigenvalue weighted by Crippen LogP contribution is 2.34. The molecule has 0 bridgehead atoms. The van der Waals surface area contributed by atoms with E-state index in [2.05, 4.69) is 9.46 Å². The SMILES string of the molecule is COC(=O)c1cc(CNS(=O)(=O)c2ccccc2C(F)(F)F)ccc1OC. The maximum Gasteiger partial charge on any atom is 0.417 e. The predicted octanol–water partition coefficient (Wildman–Crippen LogP) is 2.98. The van der Waals surface area contributed by atoms with E-state index in [1.807, 2.05) is 0 Å². The Balaban J connectivity index is 2.30. The number of nitrogens with one attached hydrogen (secondary N) is 1. The summed E-state index contributed by atoms with van der Waals surface area (Å²) in [5.41, 5.74) is -0.862. The van der Waals surface area contributed by atoms with Gasteiger partial charge in [-0.25, -0.2) is 17.9 Å². The molecule has 146 valence electrons. The minimum atomic E-state index is -4.82. The van der Waals surface area contributed by atoms with Crippen molar-refractivity contribution in [2.45, 2.75) is 17.6 Å². The van der Waals surface area contributed by atoms with Crippen molar-refractivity contribution in [2.75, 3.05) is 14.2 Å². The van der Waals surface area contributed by atoms with E-state index in [4.69, 9.17) is 4.74 Å². The molecule has 2 aromatic rings. The Morgan fingerprint density at radius 3 is 2.37 bits per heavy atom. The molecule has 0 heterocycles. The van der Waals surface area contributed by atoms with Crippen LogP contribution in [0.3, 0.4) is 0 Å². The number of carbonyl (C=O) groups excluding carboxylic acids is 1. The fourth-order valence-corrected chi connectivity index (χ4v) is 3.57. The monoisotopic (exact) mass is 403 g/mol. The van der Waals surface area contributed by atoms with E-state index in [-0.39, 0.29) is 17.9 Å². The standard InChI is InChI=1S/C17H16F3NO5S/c1-25-14-8-7-11(9-12(14)16(22)26-2)10-21-27(23,24)15-6-4-3-5-13(15)17(18,19)20/h3-9,21H,10H2,1-2H3. The van der Waals surface area contributed by atoms with Crippen LogP contribution in [-0.2, 0) is 27.5 Å². The lowest BCUT2D eigenvalue weighted by atomic mass is 10.1. The summed E-state index contributed by atoms with van der Waals surface area (Å²) >= 11 is 0. The quantitative estimate of drug-likeness (QED) is 0.750. The van der Waals surface area contributed by atoms with Gasteiger partial charge in [-0.3, -0.25) is 0 Å². The van der Waals surface area contributed by atoms with Gasteiger partial charge in [0.05, 0.1) is 24.7 Å². The van der Waals surface area contributed by atoms with E-state index < -0.39 is 32.6 Å². The Morgan fingerprint density at radius 2 is 1.78 bits per heavy atom. The van der Waals surface area contributed by atoms with E-state index in [1.165, 1.54) is 38.5 Å². The zero-order valence-electron chi connectivity index (χ0n) is 14.3. The number of halogens is 3. The van der Waals surface area contributed by atoms with Gasteiger partial charge in [-0.2, -0.15) is 13.2 Å². The van der Waals surface area contributed by atoms with Gasteiger partial charge in [-0.1, -0.05) is 18.2 Å². The molecule has 0 saturated carbocycles. The summed E-state index contributed by atoms with van der Waals surface area (Å²) in [6, 6.07) is 8.11. The minimum Gasteiger partial charge on any atom is -0.496 e. The van der Waals surface area contributed by atoms with Crippen LogP contribution in [0.2, 0.25) is 0 Å². The van der Waals surface area contributed by atoms with Crippen molar-refractivity contribution in [1.82, 2.24) is 4.72 Å². The van der Waals surface area contributed by atoms with Crippen LogP contribution in [0.25, 0.3) is 0 Å². The molecular weight excluding hydrogens is 387 g/mol. The molecule has 0 aliphatic rings. The number of methoxy groups -OCH3 is 2. The van der Waals surface area contributed by atoms with E-state index in [1.54, 1.807) is 0 Å². The number of rotatable bonds is 6. The van der Waals surface area contributed by atoms with Crippen molar-refractivity contribution in [2.24, 2.45) is 0 Å². The average molecular weight is 403 g/mol. The number of hydrogen-bond donors (Lipinski definition) is 1. The van der Waals surface area contributed by atoms with Crippen molar-refractivity contribution in [3.8, 4) is 5.75 Å². The summed E-state index contributed by atoms with van der Waals surface area (Å²) in [4.78, 5) is 10.9. The summed E-state index contributed by atoms with van der Waals surface area (Å²) in [5.74, 6) is -0.477. The summed E-state index contributed by atoms with van der Waals surface area (Å²) < 4.78 is 75.6. The van der Waals surface area contributed by atoms with Gasteiger partial charge in [0.1, 0.15) is 11.3 Å². The third kappa shape index (κ3) is 4.77. The highest BCUT2D eigenvalue weighted by atomic mass is 32.2.